The molecule has 5 N–H and O–H groups in total. The summed E-state index contributed by atoms with van der Waals surface area (Å²) in [6, 6.07) is 0. The highest BCUT2D eigenvalue weighted by Crippen LogP contribution is 2.25. The number of rotatable bonds is 5. The lowest BCUT2D eigenvalue weighted by molar-refractivity contribution is -0.119. The first-order chi connectivity index (χ1) is 9.29. The predicted octanol–water partition coefficient (Wildman–Crippen LogP) is 0.916. The first-order valence-electron chi connectivity index (χ1n) is 6.65. The Labute approximate surface area is 119 Å². The van der Waals surface area contributed by atoms with Crippen LogP contribution < -0.4 is 21.9 Å². The molecule has 7 heteroatoms. The van der Waals surface area contributed by atoms with Crippen LogP contribution in [-0.4, -0.2) is 29.0 Å². The Morgan fingerprint density at radius 3 is 2.35 bits per heavy atom. The minimum atomic E-state index is -0.207. The second-order valence-electron chi connectivity index (χ2n) is 5.57. The fourth-order valence-electron chi connectivity index (χ4n) is 1.59. The molecule has 0 aliphatic rings. The number of hydrogen-bond donors (Lipinski definition) is 4. The molecule has 0 saturated heterocycles. The smallest absolute Gasteiger partial charge is 0.239 e. The van der Waals surface area contributed by atoms with Gasteiger partial charge in [0.25, 0.3) is 0 Å². The Morgan fingerprint density at radius 2 is 1.85 bits per heavy atom. The van der Waals surface area contributed by atoms with Crippen LogP contribution in [0.2, 0.25) is 0 Å². The monoisotopic (exact) mass is 280 g/mol. The third-order valence-corrected chi connectivity index (χ3v) is 2.74. The molecule has 0 bridgehead atoms. The molecule has 7 nitrogen and oxygen atoms in total. The number of nitrogens with one attached hydrogen (secondary N) is 3. The van der Waals surface area contributed by atoms with E-state index in [9.17, 15) is 4.79 Å². The van der Waals surface area contributed by atoms with Gasteiger partial charge >= 0.3 is 0 Å². The molecule has 0 aliphatic heterocycles. The maximum atomic E-state index is 11.5. The van der Waals surface area contributed by atoms with Gasteiger partial charge in [-0.05, 0) is 13.8 Å². The zero-order chi connectivity index (χ0) is 15.3. The molecule has 1 rings (SSSR count). The zero-order valence-electron chi connectivity index (χ0n) is 12.8. The highest BCUT2D eigenvalue weighted by atomic mass is 16.1. The maximum Gasteiger partial charge on any atom is 0.239 e. The first kappa shape index (κ1) is 16.2. The van der Waals surface area contributed by atoms with Crippen molar-refractivity contribution in [3.63, 3.8) is 0 Å². The van der Waals surface area contributed by atoms with Gasteiger partial charge in [-0.2, -0.15) is 0 Å². The van der Waals surface area contributed by atoms with Crippen LogP contribution in [0, 0.1) is 6.92 Å². The molecule has 0 fully saturated rings. The average Bonchev–Trinajstić information content (AvgIpc) is 2.36. The second kappa shape index (κ2) is 6.51. The predicted molar refractivity (Wildman–Crippen MR) is 80.5 cm³/mol. The van der Waals surface area contributed by atoms with Crippen molar-refractivity contribution in [1.29, 1.82) is 0 Å². The number of nitrogens with two attached hydrogens (primary N) is 1. The van der Waals surface area contributed by atoms with E-state index in [1.54, 1.807) is 0 Å². The Bertz CT molecular complexity index is 480. The molecule has 0 spiro atoms. The van der Waals surface area contributed by atoms with Crippen molar-refractivity contribution in [1.82, 2.24) is 15.3 Å². The van der Waals surface area contributed by atoms with Crippen molar-refractivity contribution < 1.29 is 4.79 Å². The number of hydrogen-bond acceptors (Lipinski definition) is 6. The molecule has 0 aromatic carbocycles. The largest absolute Gasteiger partial charge is 0.361 e. The van der Waals surface area contributed by atoms with Crippen molar-refractivity contribution in [3.05, 3.63) is 11.4 Å². The van der Waals surface area contributed by atoms with Gasteiger partial charge in [-0.15, -0.1) is 0 Å². The Morgan fingerprint density at radius 1 is 1.25 bits per heavy atom. The minimum absolute atomic E-state index is 0.0786. The standard InChI is InChI=1S/C13H24N6O/c1-6-15-9(20)7-16-10-8(2)11(19-14)18-12(17-10)13(3,4)5/h6-7,14H2,1-5H3,(H,15,20)(H2,16,17,18,19). The molecule has 0 atom stereocenters. The summed E-state index contributed by atoms with van der Waals surface area (Å²) < 4.78 is 0. The van der Waals surface area contributed by atoms with Gasteiger partial charge in [-0.25, -0.2) is 15.8 Å². The van der Waals surface area contributed by atoms with Crippen LogP contribution in [0.1, 0.15) is 39.1 Å². The van der Waals surface area contributed by atoms with Gasteiger partial charge in [0.05, 0.1) is 6.54 Å². The number of nitrogen functional groups attached to an aromatic ring is 1. The molecule has 0 saturated carbocycles. The number of carbonyl (C=O) groups is 1. The highest BCUT2D eigenvalue weighted by molar-refractivity contribution is 5.80. The van der Waals surface area contributed by atoms with E-state index in [0.29, 0.717) is 24.0 Å². The number of hydrazine groups is 1. The fourth-order valence-corrected chi connectivity index (χ4v) is 1.59. The number of carbonyl (C=O) groups excluding carboxylic acids is 1. The summed E-state index contributed by atoms with van der Waals surface area (Å²) >= 11 is 0. The van der Waals surface area contributed by atoms with E-state index < -0.39 is 0 Å². The molecule has 0 unspecified atom stereocenters. The lowest BCUT2D eigenvalue weighted by Crippen LogP contribution is -2.30. The first-order valence-corrected chi connectivity index (χ1v) is 6.65. The van der Waals surface area contributed by atoms with Gasteiger partial charge in [0.2, 0.25) is 5.91 Å². The lowest BCUT2D eigenvalue weighted by Gasteiger charge is -2.20. The molecule has 1 heterocycles. The van der Waals surface area contributed by atoms with Crippen LogP contribution in [0.4, 0.5) is 11.6 Å². The molecule has 1 aromatic heterocycles. The van der Waals surface area contributed by atoms with Gasteiger partial charge in [0, 0.05) is 17.5 Å². The Hall–Kier alpha value is -1.89. The van der Waals surface area contributed by atoms with Gasteiger partial charge < -0.3 is 16.1 Å². The van der Waals surface area contributed by atoms with Gasteiger partial charge in [0.1, 0.15) is 17.5 Å². The lowest BCUT2D eigenvalue weighted by atomic mass is 9.95. The van der Waals surface area contributed by atoms with Crippen molar-refractivity contribution in [3.8, 4) is 0 Å². The van der Waals surface area contributed by atoms with E-state index in [1.165, 1.54) is 0 Å². The number of anilines is 2. The van der Waals surface area contributed by atoms with E-state index in [1.807, 2.05) is 34.6 Å². The molecule has 0 aliphatic carbocycles. The molecular weight excluding hydrogens is 256 g/mol. The Kier molecular flexibility index (Phi) is 5.26. The van der Waals surface area contributed by atoms with Crippen LogP contribution in [0.3, 0.4) is 0 Å². The van der Waals surface area contributed by atoms with Crippen molar-refractivity contribution in [2.24, 2.45) is 5.84 Å². The SMILES string of the molecule is CCNC(=O)CNc1nc(C(C)(C)C)nc(NN)c1C. The number of amides is 1. The van der Waals surface area contributed by atoms with Crippen LogP contribution >= 0.6 is 0 Å². The van der Waals surface area contributed by atoms with E-state index in [2.05, 4.69) is 26.0 Å². The molecule has 20 heavy (non-hydrogen) atoms. The van der Waals surface area contributed by atoms with Crippen molar-refractivity contribution in [2.45, 2.75) is 40.0 Å². The van der Waals surface area contributed by atoms with E-state index >= 15 is 0 Å². The summed E-state index contributed by atoms with van der Waals surface area (Å²) in [7, 11) is 0. The third kappa shape index (κ3) is 4.06. The molecule has 0 radical (unpaired) electrons. The zero-order valence-corrected chi connectivity index (χ0v) is 12.8. The fraction of sp³-hybridized carbons (Fsp3) is 0.615. The number of nitrogens with zero attached hydrogens (tertiary/aromatic N) is 2. The summed E-state index contributed by atoms with van der Waals surface area (Å²) in [5, 5.41) is 5.75. The van der Waals surface area contributed by atoms with Crippen LogP contribution in [0.15, 0.2) is 0 Å². The molecule has 112 valence electrons. The van der Waals surface area contributed by atoms with E-state index in [0.717, 1.165) is 5.56 Å². The minimum Gasteiger partial charge on any atom is -0.361 e. The van der Waals surface area contributed by atoms with E-state index in [4.69, 9.17) is 5.84 Å². The highest BCUT2D eigenvalue weighted by Gasteiger charge is 2.21. The number of likely N-dealkylation sites (N-methyl/N-ethyl adjacent to an activating group) is 1. The Balaban J connectivity index is 3.02. The summed E-state index contributed by atoms with van der Waals surface area (Å²) in [6.07, 6.45) is 0. The molecule has 1 amide bonds. The number of aromatic nitrogens is 2. The van der Waals surface area contributed by atoms with Crippen molar-refractivity contribution in [2.75, 3.05) is 23.8 Å². The van der Waals surface area contributed by atoms with Gasteiger partial charge in [-0.1, -0.05) is 20.8 Å². The summed E-state index contributed by atoms with van der Waals surface area (Å²) in [6.45, 7) is 10.6. The summed E-state index contributed by atoms with van der Waals surface area (Å²) in [4.78, 5) is 20.4. The summed E-state index contributed by atoms with van der Waals surface area (Å²) in [5.41, 5.74) is 3.14. The van der Waals surface area contributed by atoms with Crippen molar-refractivity contribution >= 4 is 17.5 Å². The summed E-state index contributed by atoms with van der Waals surface area (Å²) in [5.74, 6) is 7.24. The van der Waals surface area contributed by atoms with Crippen LogP contribution in [0.5, 0.6) is 0 Å². The molecule has 1 aromatic rings. The van der Waals surface area contributed by atoms with Crippen LogP contribution in [-0.2, 0) is 10.2 Å². The maximum absolute atomic E-state index is 11.5. The second-order valence-corrected chi connectivity index (χ2v) is 5.57. The molecular formula is C13H24N6O. The van der Waals surface area contributed by atoms with Gasteiger partial charge in [0.15, 0.2) is 0 Å². The topological polar surface area (TPSA) is 105 Å². The van der Waals surface area contributed by atoms with Gasteiger partial charge in [-0.3, -0.25) is 4.79 Å². The normalized spacial score (nSPS) is 11.1. The van der Waals surface area contributed by atoms with Crippen LogP contribution in [0.25, 0.3) is 0 Å². The average molecular weight is 280 g/mol. The quantitative estimate of drug-likeness (QED) is 0.472. The van der Waals surface area contributed by atoms with E-state index in [-0.39, 0.29) is 17.9 Å². The third-order valence-electron chi connectivity index (χ3n) is 2.74.